The predicted octanol–water partition coefficient (Wildman–Crippen LogP) is 5.15. The maximum absolute atomic E-state index is 7.50. The Balaban J connectivity index is -0.000000238. The van der Waals surface area contributed by atoms with Crippen molar-refractivity contribution in [2.75, 3.05) is 10.3 Å². The molecule has 2 aromatic carbocycles. The molecular weight excluding hydrogens is 440 g/mol. The Bertz CT molecular complexity index is 561. The van der Waals surface area contributed by atoms with Crippen molar-refractivity contribution >= 4 is 41.6 Å². The van der Waals surface area contributed by atoms with E-state index in [1.54, 1.807) is 0 Å². The van der Waals surface area contributed by atoms with Crippen molar-refractivity contribution in [1.29, 1.82) is 0 Å². The van der Waals surface area contributed by atoms with Crippen LogP contribution in [0.5, 0.6) is 0 Å². The quantitative estimate of drug-likeness (QED) is 0.207. The molecule has 0 aromatic heterocycles. The molecule has 1 unspecified atom stereocenters. The van der Waals surface area contributed by atoms with Crippen LogP contribution >= 0.6 is 30.3 Å². The molecule has 9 heteroatoms. The number of benzene rings is 2. The normalized spacial score (nSPS) is 8.23. The molecule has 0 saturated heterocycles. The first kappa shape index (κ1) is 32.4. The van der Waals surface area contributed by atoms with Crippen molar-refractivity contribution in [3.8, 4) is 0 Å². The molecule has 0 amide bonds. The van der Waals surface area contributed by atoms with Gasteiger partial charge >= 0.3 is 45.2 Å². The van der Waals surface area contributed by atoms with Crippen molar-refractivity contribution in [2.45, 2.75) is 0 Å². The van der Waals surface area contributed by atoms with Crippen LogP contribution in [-0.4, -0.2) is 5.62 Å². The van der Waals surface area contributed by atoms with Crippen LogP contribution in [0.1, 0.15) is 0 Å². The minimum absolute atomic E-state index is 0. The van der Waals surface area contributed by atoms with Gasteiger partial charge in [0.1, 0.15) is 11.2 Å². The summed E-state index contributed by atoms with van der Waals surface area (Å²) < 4.78 is 32.1. The van der Waals surface area contributed by atoms with E-state index in [9.17, 15) is 0 Å². The number of rotatable bonds is 4. The van der Waals surface area contributed by atoms with Gasteiger partial charge in [0.15, 0.2) is 5.62 Å². The average molecular weight is 453 g/mol. The van der Waals surface area contributed by atoms with Gasteiger partial charge in [0.2, 0.25) is 7.43 Å². The Kier molecular flexibility index (Phi) is 32.4. The van der Waals surface area contributed by atoms with Crippen LogP contribution in [0.3, 0.4) is 0 Å². The summed E-state index contributed by atoms with van der Waals surface area (Å²) in [4.78, 5) is 0. The van der Waals surface area contributed by atoms with Gasteiger partial charge in [-0.3, -0.25) is 0 Å². The van der Waals surface area contributed by atoms with Crippen LogP contribution in [-0.2, 0) is 35.7 Å². The molecule has 5 nitrogen and oxygen atoms in total. The Hall–Kier alpha value is -1.27. The first-order valence-electron chi connectivity index (χ1n) is 6.12. The molecular formula is C17H13Cl2FeNO4P+. The zero-order chi connectivity index (χ0) is 20.1. The summed E-state index contributed by atoms with van der Waals surface area (Å²) in [5.41, 5.74) is 2.64. The molecule has 0 bridgehead atoms. The molecule has 136 valence electrons. The minimum atomic E-state index is -1.30. The van der Waals surface area contributed by atoms with Crippen molar-refractivity contribution in [1.82, 2.24) is 0 Å². The van der Waals surface area contributed by atoms with Gasteiger partial charge in [-0.25, -0.2) is 4.67 Å². The smallest absolute Gasteiger partial charge is 0 e. The maximum atomic E-state index is 7.50. The van der Waals surface area contributed by atoms with E-state index in [0.29, 0.717) is 5.62 Å². The molecule has 1 atom stereocenters. The molecule has 0 N–H and O–H groups in total. The van der Waals surface area contributed by atoms with Crippen LogP contribution in [0.4, 0.5) is 11.4 Å². The maximum Gasteiger partial charge on any atom is 0 e. The second kappa shape index (κ2) is 26.0. The third-order valence-electron chi connectivity index (χ3n) is 2.38. The molecule has 0 aliphatic heterocycles. The molecule has 0 fully saturated rings. The molecule has 26 heavy (non-hydrogen) atoms. The number of nitrogens with zero attached hydrogens (tertiary/aromatic N) is 1. The van der Waals surface area contributed by atoms with Gasteiger partial charge in [0, 0.05) is 17.1 Å². The summed E-state index contributed by atoms with van der Waals surface area (Å²) in [5, 5.41) is 0. The molecule has 0 spiro atoms. The monoisotopic (exact) mass is 452 g/mol. The molecule has 0 heterocycles. The number of alkyl halides is 1. The zero-order valence-corrected chi connectivity index (χ0v) is 16.8. The van der Waals surface area contributed by atoms with Gasteiger partial charge in [0.05, 0.1) is 11.4 Å². The third-order valence-corrected chi connectivity index (χ3v) is 5.68. The number of hydrogen-bond donors (Lipinski definition) is 0. The van der Waals surface area contributed by atoms with Crippen molar-refractivity contribution in [2.24, 2.45) is 0 Å². The Labute approximate surface area is 174 Å². The Morgan fingerprint density at radius 3 is 1.19 bits per heavy atom. The fourth-order valence-corrected chi connectivity index (χ4v) is 3.57. The summed E-state index contributed by atoms with van der Waals surface area (Å²) in [7, 11) is -1.30. The van der Waals surface area contributed by atoms with Crippen molar-refractivity contribution in [3.63, 3.8) is 0 Å². The average Bonchev–Trinajstić information content (AvgIpc) is 2.75. The summed E-state index contributed by atoms with van der Waals surface area (Å²) in [5.74, 6) is 0. The number of hydrogen-bond acceptors (Lipinski definition) is 1. The van der Waals surface area contributed by atoms with Crippen LogP contribution in [0, 0.1) is 26.6 Å². The van der Waals surface area contributed by atoms with Crippen molar-refractivity contribution < 1.29 is 35.7 Å². The molecule has 2 aromatic rings. The van der Waals surface area contributed by atoms with E-state index in [4.69, 9.17) is 41.5 Å². The first-order chi connectivity index (χ1) is 12.3. The summed E-state index contributed by atoms with van der Waals surface area (Å²) in [6.07, 6.45) is 0. The third kappa shape index (κ3) is 13.0. The zero-order valence-electron chi connectivity index (χ0n) is 13.2. The molecule has 0 radical (unpaired) electrons. The van der Waals surface area contributed by atoms with Gasteiger partial charge in [-0.1, -0.05) is 48.0 Å². The van der Waals surface area contributed by atoms with Crippen LogP contribution in [0.15, 0.2) is 60.7 Å². The van der Waals surface area contributed by atoms with E-state index in [1.165, 1.54) is 0 Å². The van der Waals surface area contributed by atoms with Gasteiger partial charge in [0.25, 0.3) is 0 Å². The summed E-state index contributed by atoms with van der Waals surface area (Å²) >= 11 is 12.3. The van der Waals surface area contributed by atoms with Crippen LogP contribution in [0.2, 0.25) is 0 Å². The number of para-hydroxylation sites is 2. The van der Waals surface area contributed by atoms with Gasteiger partial charge in [-0.15, -0.1) is 0 Å². The topological polar surface area (TPSA) is 82.8 Å². The van der Waals surface area contributed by atoms with Crippen molar-refractivity contribution in [3.05, 3.63) is 87.3 Å². The minimum Gasteiger partial charge on any atom is 0 e. The SMILES string of the molecule is ClC[PH+](Cl)N(c1ccccc1)c1ccccc1.[C-]#[O+].[C-]#[O+].[C-]#[O+].[C-]#[O+].[Fe]. The largest absolute Gasteiger partial charge is 0 e. The van der Waals surface area contributed by atoms with E-state index in [-0.39, 0.29) is 17.1 Å². The second-order valence-corrected chi connectivity index (χ2v) is 7.09. The summed E-state index contributed by atoms with van der Waals surface area (Å²) in [6, 6.07) is 20.2. The van der Waals surface area contributed by atoms with Gasteiger partial charge in [-0.2, -0.15) is 0 Å². The molecule has 2 rings (SSSR count). The predicted molar refractivity (Wildman–Crippen MR) is 95.6 cm³/mol. The van der Waals surface area contributed by atoms with E-state index < -0.39 is 7.43 Å². The standard InChI is InChI=1S/C13H12Cl2NP.4CO.Fe/c14-11-17(15)16(12-7-3-1-4-8-12)13-9-5-2-6-10-13;4*1-2;/h1-10H,11H2;;;;;/p+1. The molecule has 0 aliphatic rings. The second-order valence-electron chi connectivity index (χ2n) is 3.52. The molecule has 0 saturated carbocycles. The first-order valence-corrected chi connectivity index (χ1v) is 9.32. The van der Waals surface area contributed by atoms with Gasteiger partial charge < -0.3 is 0 Å². The fraction of sp³-hybridized carbons (Fsp3) is 0.0588. The van der Waals surface area contributed by atoms with E-state index in [0.717, 1.165) is 11.4 Å². The van der Waals surface area contributed by atoms with Crippen LogP contribution < -0.4 is 4.67 Å². The van der Waals surface area contributed by atoms with E-state index in [1.807, 2.05) is 60.7 Å². The molecule has 0 aliphatic carbocycles. The number of halogens is 2. The van der Waals surface area contributed by atoms with Crippen LogP contribution in [0.25, 0.3) is 0 Å². The summed E-state index contributed by atoms with van der Waals surface area (Å²) in [6.45, 7) is 18.0. The van der Waals surface area contributed by atoms with Gasteiger partial charge in [-0.05, 0) is 24.3 Å². The fourth-order valence-electron chi connectivity index (χ4n) is 1.64. The van der Waals surface area contributed by atoms with E-state index >= 15 is 0 Å². The Morgan fingerprint density at radius 1 is 0.692 bits per heavy atom. The van der Waals surface area contributed by atoms with E-state index in [2.05, 4.69) is 31.3 Å². The Morgan fingerprint density at radius 2 is 0.962 bits per heavy atom. The number of anilines is 2.